The highest BCUT2D eigenvalue weighted by molar-refractivity contribution is 5.31. The Labute approximate surface area is 85.7 Å². The summed E-state index contributed by atoms with van der Waals surface area (Å²) in [5, 5.41) is 11.1. The maximum atomic E-state index is 13.0. The number of hydrogen-bond donors (Lipinski definition) is 1. The van der Waals surface area contributed by atoms with Crippen LogP contribution in [0.15, 0.2) is 24.3 Å². The quantitative estimate of drug-likeness (QED) is 0.786. The molecule has 0 bridgehead atoms. The number of rotatable bonds is 3. The molecule has 0 atom stereocenters. The number of nitrogens with two attached hydrogens (primary N) is 1. The second-order valence-corrected chi connectivity index (χ2v) is 3.03. The molecule has 0 spiro atoms. The molecule has 0 saturated carbocycles. The van der Waals surface area contributed by atoms with E-state index in [1.165, 1.54) is 16.8 Å². The topological polar surface area (TPSA) is 69.6 Å². The molecule has 0 saturated heterocycles. The lowest BCUT2D eigenvalue weighted by Crippen LogP contribution is -2.09. The molecule has 2 N–H and O–H groups in total. The van der Waals surface area contributed by atoms with E-state index in [0.717, 1.165) is 0 Å². The third-order valence-corrected chi connectivity index (χ3v) is 1.95. The van der Waals surface area contributed by atoms with Gasteiger partial charge in [-0.3, -0.25) is 0 Å². The zero-order valence-corrected chi connectivity index (χ0v) is 7.97. The highest BCUT2D eigenvalue weighted by Crippen LogP contribution is 2.09. The number of hydrogen-bond acceptors (Lipinski definition) is 4. The molecule has 1 heterocycles. The second kappa shape index (κ2) is 4.14. The lowest BCUT2D eigenvalue weighted by atomic mass is 10.3. The Bertz CT molecular complexity index is 453. The molecule has 78 valence electrons. The molecule has 1 aromatic heterocycles. The number of aromatic nitrogens is 4. The van der Waals surface area contributed by atoms with Gasteiger partial charge in [0.1, 0.15) is 5.82 Å². The average Bonchev–Trinajstić information content (AvgIpc) is 2.66. The fraction of sp³-hybridized carbons (Fsp3) is 0.222. The Kier molecular flexibility index (Phi) is 2.68. The van der Waals surface area contributed by atoms with Gasteiger partial charge >= 0.3 is 0 Å². The first-order chi connectivity index (χ1) is 7.31. The SMILES string of the molecule is NCCc1nnnn1-c1cccc(F)c1. The Hall–Kier alpha value is -1.82. The van der Waals surface area contributed by atoms with Crippen LogP contribution in [0.3, 0.4) is 0 Å². The molecular formula is C9H10FN5. The molecule has 0 aliphatic carbocycles. The first kappa shape index (κ1) is 9.72. The minimum Gasteiger partial charge on any atom is -0.330 e. The van der Waals surface area contributed by atoms with Crippen LogP contribution in [0.25, 0.3) is 5.69 Å². The van der Waals surface area contributed by atoms with Crippen LogP contribution in [0.1, 0.15) is 5.82 Å². The van der Waals surface area contributed by atoms with E-state index in [-0.39, 0.29) is 5.82 Å². The van der Waals surface area contributed by atoms with Gasteiger partial charge < -0.3 is 5.73 Å². The van der Waals surface area contributed by atoms with Gasteiger partial charge in [0.25, 0.3) is 0 Å². The van der Waals surface area contributed by atoms with Gasteiger partial charge in [-0.2, -0.15) is 4.68 Å². The first-order valence-electron chi connectivity index (χ1n) is 4.54. The zero-order valence-electron chi connectivity index (χ0n) is 7.97. The van der Waals surface area contributed by atoms with E-state index in [1.807, 2.05) is 0 Å². The highest BCUT2D eigenvalue weighted by atomic mass is 19.1. The fourth-order valence-electron chi connectivity index (χ4n) is 1.30. The van der Waals surface area contributed by atoms with Crippen LogP contribution in [0.4, 0.5) is 4.39 Å². The molecule has 0 aliphatic heterocycles. The van der Waals surface area contributed by atoms with Crippen LogP contribution in [0.5, 0.6) is 0 Å². The third-order valence-electron chi connectivity index (χ3n) is 1.95. The van der Waals surface area contributed by atoms with Crippen LogP contribution >= 0.6 is 0 Å². The largest absolute Gasteiger partial charge is 0.330 e. The standard InChI is InChI=1S/C9H10FN5/c10-7-2-1-3-8(6-7)15-9(4-5-11)12-13-14-15/h1-3,6H,4-5,11H2. The zero-order chi connectivity index (χ0) is 10.7. The number of benzene rings is 1. The van der Waals surface area contributed by atoms with Crippen LogP contribution < -0.4 is 5.73 Å². The molecule has 15 heavy (non-hydrogen) atoms. The van der Waals surface area contributed by atoms with Crippen LogP contribution in [-0.4, -0.2) is 26.8 Å². The molecule has 0 fully saturated rings. The van der Waals surface area contributed by atoms with Crippen LogP contribution in [0.2, 0.25) is 0 Å². The van der Waals surface area contributed by atoms with Crippen molar-refractivity contribution in [1.29, 1.82) is 0 Å². The maximum absolute atomic E-state index is 13.0. The molecule has 0 aliphatic rings. The van der Waals surface area contributed by atoms with Gasteiger partial charge in [-0.1, -0.05) is 6.07 Å². The van der Waals surface area contributed by atoms with Gasteiger partial charge in [-0.05, 0) is 35.2 Å². The fourth-order valence-corrected chi connectivity index (χ4v) is 1.30. The second-order valence-electron chi connectivity index (χ2n) is 3.03. The Balaban J connectivity index is 2.40. The van der Waals surface area contributed by atoms with Gasteiger partial charge in [0.15, 0.2) is 5.82 Å². The molecule has 2 aromatic rings. The smallest absolute Gasteiger partial charge is 0.157 e. The normalized spacial score (nSPS) is 10.5. The summed E-state index contributed by atoms with van der Waals surface area (Å²) in [6.07, 6.45) is 0.559. The summed E-state index contributed by atoms with van der Waals surface area (Å²) in [5.74, 6) is 0.310. The number of nitrogens with zero attached hydrogens (tertiary/aromatic N) is 4. The van der Waals surface area contributed by atoms with Crippen molar-refractivity contribution in [1.82, 2.24) is 20.2 Å². The molecule has 6 heteroatoms. The summed E-state index contributed by atoms with van der Waals surface area (Å²) in [4.78, 5) is 0. The molecule has 0 radical (unpaired) electrons. The van der Waals surface area contributed by atoms with Crippen molar-refractivity contribution in [2.75, 3.05) is 6.54 Å². The van der Waals surface area contributed by atoms with Gasteiger partial charge in [-0.15, -0.1) is 5.10 Å². The van der Waals surface area contributed by atoms with Crippen molar-refractivity contribution in [2.24, 2.45) is 5.73 Å². The summed E-state index contributed by atoms with van der Waals surface area (Å²) in [5.41, 5.74) is 6.01. The predicted octanol–water partition coefficient (Wildman–Crippen LogP) is 0.303. The van der Waals surface area contributed by atoms with Gasteiger partial charge in [0.05, 0.1) is 5.69 Å². The van der Waals surface area contributed by atoms with E-state index in [0.29, 0.717) is 24.5 Å². The minimum absolute atomic E-state index is 0.318. The van der Waals surface area contributed by atoms with E-state index in [9.17, 15) is 4.39 Å². The molecule has 2 rings (SSSR count). The third kappa shape index (κ3) is 1.99. The number of halogens is 1. The monoisotopic (exact) mass is 207 g/mol. The van der Waals surface area contributed by atoms with Gasteiger partial charge in [-0.25, -0.2) is 4.39 Å². The van der Waals surface area contributed by atoms with Gasteiger partial charge in [0.2, 0.25) is 0 Å². The van der Waals surface area contributed by atoms with Crippen LogP contribution in [-0.2, 0) is 6.42 Å². The lowest BCUT2D eigenvalue weighted by molar-refractivity contribution is 0.623. The Morgan fingerprint density at radius 1 is 1.40 bits per heavy atom. The summed E-state index contributed by atoms with van der Waals surface area (Å²) in [6.45, 7) is 0.454. The van der Waals surface area contributed by atoms with E-state index < -0.39 is 0 Å². The van der Waals surface area contributed by atoms with E-state index >= 15 is 0 Å². The summed E-state index contributed by atoms with van der Waals surface area (Å²) >= 11 is 0. The molecular weight excluding hydrogens is 197 g/mol. The van der Waals surface area contributed by atoms with E-state index in [2.05, 4.69) is 15.5 Å². The van der Waals surface area contributed by atoms with Crippen molar-refractivity contribution >= 4 is 0 Å². The van der Waals surface area contributed by atoms with Crippen molar-refractivity contribution in [2.45, 2.75) is 6.42 Å². The average molecular weight is 207 g/mol. The first-order valence-corrected chi connectivity index (χ1v) is 4.54. The minimum atomic E-state index is -0.318. The summed E-state index contributed by atoms with van der Waals surface area (Å²) in [7, 11) is 0. The highest BCUT2D eigenvalue weighted by Gasteiger charge is 2.07. The van der Waals surface area contributed by atoms with E-state index in [1.54, 1.807) is 12.1 Å². The Morgan fingerprint density at radius 2 is 2.27 bits per heavy atom. The molecule has 0 amide bonds. The van der Waals surface area contributed by atoms with Crippen molar-refractivity contribution in [3.8, 4) is 5.69 Å². The molecule has 1 aromatic carbocycles. The maximum Gasteiger partial charge on any atom is 0.157 e. The van der Waals surface area contributed by atoms with Crippen molar-refractivity contribution < 1.29 is 4.39 Å². The van der Waals surface area contributed by atoms with E-state index in [4.69, 9.17) is 5.73 Å². The van der Waals surface area contributed by atoms with Gasteiger partial charge in [0, 0.05) is 6.42 Å². The lowest BCUT2D eigenvalue weighted by Gasteiger charge is -2.02. The Morgan fingerprint density at radius 3 is 3.00 bits per heavy atom. The molecule has 0 unspecified atom stereocenters. The molecule has 5 nitrogen and oxygen atoms in total. The van der Waals surface area contributed by atoms with Crippen LogP contribution in [0, 0.1) is 5.82 Å². The number of tetrazole rings is 1. The predicted molar refractivity (Wildman–Crippen MR) is 51.9 cm³/mol. The summed E-state index contributed by atoms with van der Waals surface area (Å²) in [6, 6.07) is 6.09. The van der Waals surface area contributed by atoms with Crippen molar-refractivity contribution in [3.63, 3.8) is 0 Å². The van der Waals surface area contributed by atoms with Crippen molar-refractivity contribution in [3.05, 3.63) is 35.9 Å². The summed E-state index contributed by atoms with van der Waals surface area (Å²) < 4.78 is 14.5.